The van der Waals surface area contributed by atoms with Gasteiger partial charge in [-0.25, -0.2) is 4.79 Å². The Kier molecular flexibility index (Phi) is 4.19. The van der Waals surface area contributed by atoms with Crippen LogP contribution in [0.4, 0.5) is 5.69 Å². The molecule has 0 unspecified atom stereocenters. The molecule has 106 valence electrons. The summed E-state index contributed by atoms with van der Waals surface area (Å²) < 4.78 is 9.69. The molecule has 0 atom stereocenters. The summed E-state index contributed by atoms with van der Waals surface area (Å²) in [4.78, 5) is 24.2. The molecule has 0 aromatic carbocycles. The Balaban J connectivity index is 2.26. The zero-order valence-corrected chi connectivity index (χ0v) is 12.2. The third kappa shape index (κ3) is 2.57. The Morgan fingerprint density at radius 2 is 2.25 bits per heavy atom. The summed E-state index contributed by atoms with van der Waals surface area (Å²) in [7, 11) is 1.30. The van der Waals surface area contributed by atoms with Crippen LogP contribution in [0.1, 0.15) is 38.4 Å². The second kappa shape index (κ2) is 5.87. The van der Waals surface area contributed by atoms with Crippen LogP contribution in [0, 0.1) is 6.92 Å². The summed E-state index contributed by atoms with van der Waals surface area (Å²) in [5.74, 6) is -0.369. The van der Waals surface area contributed by atoms with Gasteiger partial charge in [0.25, 0.3) is 5.91 Å². The highest BCUT2D eigenvalue weighted by atomic mass is 32.1. The van der Waals surface area contributed by atoms with Crippen LogP contribution >= 0.6 is 11.3 Å². The molecule has 0 aliphatic heterocycles. The van der Waals surface area contributed by atoms with E-state index in [-0.39, 0.29) is 5.91 Å². The van der Waals surface area contributed by atoms with Crippen molar-refractivity contribution in [2.45, 2.75) is 20.3 Å². The van der Waals surface area contributed by atoms with E-state index in [2.05, 4.69) is 15.2 Å². The first kappa shape index (κ1) is 14.3. The molecular formula is C13H14N2O4S. The van der Waals surface area contributed by atoms with Crippen molar-refractivity contribution in [3.8, 4) is 0 Å². The van der Waals surface area contributed by atoms with Crippen molar-refractivity contribution in [1.29, 1.82) is 0 Å². The molecule has 1 N–H and O–H groups in total. The maximum atomic E-state index is 12.3. The van der Waals surface area contributed by atoms with Gasteiger partial charge in [0.1, 0.15) is 16.2 Å². The van der Waals surface area contributed by atoms with Crippen LogP contribution in [-0.2, 0) is 11.2 Å². The number of nitrogens with zero attached hydrogens (tertiary/aromatic N) is 1. The average Bonchev–Trinajstić information content (AvgIpc) is 3.04. The minimum absolute atomic E-state index is 0.343. The van der Waals surface area contributed by atoms with Gasteiger partial charge < -0.3 is 14.6 Å². The number of methoxy groups -OCH3 is 1. The van der Waals surface area contributed by atoms with Crippen molar-refractivity contribution in [2.75, 3.05) is 12.4 Å². The molecule has 2 heterocycles. The number of anilines is 1. The molecule has 2 rings (SSSR count). The molecule has 0 spiro atoms. The second-order valence-corrected chi connectivity index (χ2v) is 4.94. The molecule has 0 saturated heterocycles. The van der Waals surface area contributed by atoms with Crippen LogP contribution < -0.4 is 5.32 Å². The Hall–Kier alpha value is -2.15. The van der Waals surface area contributed by atoms with Gasteiger partial charge in [0.15, 0.2) is 0 Å². The average molecular weight is 294 g/mol. The first-order chi connectivity index (χ1) is 9.58. The van der Waals surface area contributed by atoms with Gasteiger partial charge in [0.05, 0.1) is 18.5 Å². The predicted molar refractivity (Wildman–Crippen MR) is 74.2 cm³/mol. The predicted octanol–water partition coefficient (Wildman–Crippen LogP) is 2.65. The third-order valence-electron chi connectivity index (χ3n) is 2.78. The summed E-state index contributed by atoms with van der Waals surface area (Å²) in [5, 5.41) is 8.24. The van der Waals surface area contributed by atoms with E-state index in [0.29, 0.717) is 34.0 Å². The number of esters is 1. The Labute approximate surface area is 119 Å². The van der Waals surface area contributed by atoms with E-state index in [4.69, 9.17) is 4.52 Å². The second-order valence-electron chi connectivity index (χ2n) is 4.02. The van der Waals surface area contributed by atoms with Gasteiger partial charge in [-0.1, -0.05) is 12.1 Å². The molecule has 0 saturated carbocycles. The highest BCUT2D eigenvalue weighted by Crippen LogP contribution is 2.24. The smallest absolute Gasteiger partial charge is 0.350 e. The van der Waals surface area contributed by atoms with Crippen molar-refractivity contribution < 1.29 is 18.8 Å². The lowest BCUT2D eigenvalue weighted by Crippen LogP contribution is -2.16. The summed E-state index contributed by atoms with van der Waals surface area (Å²) >= 11 is 1.21. The van der Waals surface area contributed by atoms with E-state index in [1.54, 1.807) is 18.4 Å². The Morgan fingerprint density at radius 1 is 1.50 bits per heavy atom. The van der Waals surface area contributed by atoms with Crippen molar-refractivity contribution >= 4 is 28.9 Å². The van der Waals surface area contributed by atoms with E-state index >= 15 is 0 Å². The molecule has 0 fully saturated rings. The monoisotopic (exact) mass is 294 g/mol. The number of aromatic nitrogens is 1. The summed E-state index contributed by atoms with van der Waals surface area (Å²) in [6, 6.07) is 1.66. The van der Waals surface area contributed by atoms with Gasteiger partial charge in [-0.05, 0) is 24.8 Å². The SMILES string of the molecule is CCc1noc(C)c1C(=O)Nc1ccsc1C(=O)OC. The van der Waals surface area contributed by atoms with E-state index in [1.807, 2.05) is 6.92 Å². The summed E-state index contributed by atoms with van der Waals surface area (Å²) in [6.45, 7) is 3.56. The molecular weight excluding hydrogens is 280 g/mol. The molecule has 2 aromatic heterocycles. The van der Waals surface area contributed by atoms with Gasteiger partial charge in [0, 0.05) is 0 Å². The number of nitrogens with one attached hydrogen (secondary N) is 1. The zero-order chi connectivity index (χ0) is 14.7. The molecule has 0 bridgehead atoms. The first-order valence-corrected chi connectivity index (χ1v) is 6.88. The van der Waals surface area contributed by atoms with Crippen LogP contribution in [0.25, 0.3) is 0 Å². The number of thiophene rings is 1. The number of amides is 1. The molecule has 6 nitrogen and oxygen atoms in total. The van der Waals surface area contributed by atoms with E-state index < -0.39 is 5.97 Å². The third-order valence-corrected chi connectivity index (χ3v) is 3.67. The van der Waals surface area contributed by atoms with Crippen LogP contribution in [0.5, 0.6) is 0 Å². The van der Waals surface area contributed by atoms with E-state index in [0.717, 1.165) is 0 Å². The fourth-order valence-corrected chi connectivity index (χ4v) is 2.56. The lowest BCUT2D eigenvalue weighted by Gasteiger charge is -2.05. The quantitative estimate of drug-likeness (QED) is 0.877. The number of rotatable bonds is 4. The van der Waals surface area contributed by atoms with Crippen LogP contribution in [0.2, 0.25) is 0 Å². The van der Waals surface area contributed by atoms with Gasteiger partial charge in [-0.3, -0.25) is 4.79 Å². The van der Waals surface area contributed by atoms with Crippen LogP contribution in [0.15, 0.2) is 16.0 Å². The highest BCUT2D eigenvalue weighted by molar-refractivity contribution is 7.12. The Morgan fingerprint density at radius 3 is 2.90 bits per heavy atom. The number of ether oxygens (including phenoxy) is 1. The fourth-order valence-electron chi connectivity index (χ4n) is 1.79. The lowest BCUT2D eigenvalue weighted by atomic mass is 10.1. The van der Waals surface area contributed by atoms with Crippen molar-refractivity contribution in [2.24, 2.45) is 0 Å². The largest absolute Gasteiger partial charge is 0.465 e. The number of carbonyl (C=O) groups excluding carboxylic acids is 2. The molecule has 7 heteroatoms. The normalized spacial score (nSPS) is 10.3. The highest BCUT2D eigenvalue weighted by Gasteiger charge is 2.22. The van der Waals surface area contributed by atoms with Crippen molar-refractivity contribution in [1.82, 2.24) is 5.16 Å². The zero-order valence-electron chi connectivity index (χ0n) is 11.4. The van der Waals surface area contributed by atoms with Gasteiger partial charge in [0.2, 0.25) is 0 Å². The van der Waals surface area contributed by atoms with E-state index in [1.165, 1.54) is 18.4 Å². The molecule has 1 amide bonds. The number of hydrogen-bond donors (Lipinski definition) is 1. The minimum atomic E-state index is -0.479. The molecule has 20 heavy (non-hydrogen) atoms. The maximum Gasteiger partial charge on any atom is 0.350 e. The van der Waals surface area contributed by atoms with Crippen molar-refractivity contribution in [3.05, 3.63) is 33.3 Å². The van der Waals surface area contributed by atoms with Crippen molar-refractivity contribution in [3.63, 3.8) is 0 Å². The van der Waals surface area contributed by atoms with Gasteiger partial charge in [-0.15, -0.1) is 11.3 Å². The minimum Gasteiger partial charge on any atom is -0.465 e. The lowest BCUT2D eigenvalue weighted by molar-refractivity contribution is 0.0607. The molecule has 2 aromatic rings. The molecule has 0 aliphatic carbocycles. The summed E-state index contributed by atoms with van der Waals surface area (Å²) in [6.07, 6.45) is 0.591. The van der Waals surface area contributed by atoms with E-state index in [9.17, 15) is 9.59 Å². The maximum absolute atomic E-state index is 12.3. The Bertz CT molecular complexity index is 645. The molecule has 0 radical (unpaired) electrons. The molecule has 0 aliphatic rings. The summed E-state index contributed by atoms with van der Waals surface area (Å²) in [5.41, 5.74) is 1.43. The topological polar surface area (TPSA) is 81.4 Å². The number of aryl methyl sites for hydroxylation is 2. The number of hydrogen-bond acceptors (Lipinski definition) is 6. The van der Waals surface area contributed by atoms with Gasteiger partial charge >= 0.3 is 5.97 Å². The standard InChI is InChI=1S/C13H14N2O4S/c1-4-8-10(7(2)19-15-8)12(16)14-9-5-6-20-11(9)13(17)18-3/h5-6H,4H2,1-3H3,(H,14,16). The van der Waals surface area contributed by atoms with Crippen LogP contribution in [0.3, 0.4) is 0 Å². The first-order valence-electron chi connectivity index (χ1n) is 6.00. The van der Waals surface area contributed by atoms with Crippen LogP contribution in [-0.4, -0.2) is 24.1 Å². The fraction of sp³-hybridized carbons (Fsp3) is 0.308. The number of carbonyl (C=O) groups is 2. The van der Waals surface area contributed by atoms with Gasteiger partial charge in [-0.2, -0.15) is 0 Å².